The van der Waals surface area contributed by atoms with Crippen LogP contribution in [0.5, 0.6) is 0 Å². The van der Waals surface area contributed by atoms with E-state index in [0.717, 1.165) is 35.3 Å². The number of anilines is 1. The van der Waals surface area contributed by atoms with E-state index < -0.39 is 6.03 Å². The zero-order valence-electron chi connectivity index (χ0n) is 13.4. The molecule has 1 heterocycles. The van der Waals surface area contributed by atoms with Crippen LogP contribution in [0, 0.1) is 0 Å². The van der Waals surface area contributed by atoms with E-state index >= 15 is 0 Å². The lowest BCUT2D eigenvalue weighted by Crippen LogP contribution is -2.42. The number of carbonyl (C=O) groups excluding carboxylic acids is 3. The van der Waals surface area contributed by atoms with E-state index in [9.17, 15) is 14.4 Å². The fraction of sp³-hybridized carbons (Fsp3) is 0.438. The summed E-state index contributed by atoms with van der Waals surface area (Å²) < 4.78 is 0. The Hall–Kier alpha value is -2.28. The summed E-state index contributed by atoms with van der Waals surface area (Å²) in [5.41, 5.74) is 8.73. The minimum absolute atomic E-state index is 0. The normalized spacial score (nSPS) is 19.8. The van der Waals surface area contributed by atoms with Crippen molar-refractivity contribution in [3.8, 4) is 0 Å². The summed E-state index contributed by atoms with van der Waals surface area (Å²) in [5.74, 6) is -0.666. The first-order valence-electron chi connectivity index (χ1n) is 7.69. The van der Waals surface area contributed by atoms with Gasteiger partial charge in [-0.25, -0.2) is 4.79 Å². The Morgan fingerprint density at radius 1 is 1.38 bits per heavy atom. The first-order chi connectivity index (χ1) is 11.0. The van der Waals surface area contributed by atoms with Gasteiger partial charge in [-0.1, -0.05) is 6.07 Å². The quantitative estimate of drug-likeness (QED) is 0.628. The van der Waals surface area contributed by atoms with Crippen molar-refractivity contribution in [1.29, 1.82) is 0 Å². The van der Waals surface area contributed by atoms with Crippen molar-refractivity contribution in [2.45, 2.75) is 25.3 Å². The molecule has 8 heteroatoms. The van der Waals surface area contributed by atoms with Gasteiger partial charge in [-0.15, -0.1) is 12.4 Å². The molecular formula is C16H21ClN4O3. The van der Waals surface area contributed by atoms with Crippen molar-refractivity contribution in [2.24, 2.45) is 0 Å². The number of halogens is 1. The van der Waals surface area contributed by atoms with E-state index in [2.05, 4.69) is 5.32 Å². The average Bonchev–Trinajstić information content (AvgIpc) is 2.73. The average molecular weight is 353 g/mol. The largest absolute Gasteiger partial charge is 0.399 e. The first kappa shape index (κ1) is 18.1. The number of imide groups is 1. The fourth-order valence-corrected chi connectivity index (χ4v) is 3.19. The molecule has 1 aliphatic heterocycles. The molecule has 130 valence electrons. The van der Waals surface area contributed by atoms with Crippen LogP contribution in [0.15, 0.2) is 18.2 Å². The van der Waals surface area contributed by atoms with Crippen molar-refractivity contribution in [2.75, 3.05) is 25.9 Å². The Kier molecular flexibility index (Phi) is 5.33. The van der Waals surface area contributed by atoms with Crippen molar-refractivity contribution in [1.82, 2.24) is 15.1 Å². The number of fused-ring (bicyclic) bond motifs is 1. The number of rotatable bonds is 3. The number of nitrogens with zero attached hydrogens (tertiary/aromatic N) is 2. The minimum Gasteiger partial charge on any atom is -0.399 e. The molecule has 3 N–H and O–H groups in total. The third-order valence-electron chi connectivity index (χ3n) is 4.35. The number of amides is 4. The van der Waals surface area contributed by atoms with Crippen LogP contribution in [0.3, 0.4) is 0 Å². The monoisotopic (exact) mass is 352 g/mol. The summed E-state index contributed by atoms with van der Waals surface area (Å²) in [5, 5.41) is 2.93. The van der Waals surface area contributed by atoms with E-state index in [4.69, 9.17) is 5.73 Å². The molecule has 0 radical (unpaired) electrons. The van der Waals surface area contributed by atoms with Gasteiger partial charge < -0.3 is 16.0 Å². The van der Waals surface area contributed by atoms with E-state index in [1.807, 2.05) is 18.2 Å². The molecule has 0 spiro atoms. The number of nitrogen functional groups attached to an aromatic ring is 1. The van der Waals surface area contributed by atoms with Gasteiger partial charge in [-0.05, 0) is 42.5 Å². The highest BCUT2D eigenvalue weighted by Crippen LogP contribution is 2.30. The third kappa shape index (κ3) is 3.46. The predicted octanol–water partition coefficient (Wildman–Crippen LogP) is 1.08. The number of benzene rings is 1. The number of nitrogens with one attached hydrogen (secondary N) is 1. The highest BCUT2D eigenvalue weighted by Gasteiger charge is 2.35. The van der Waals surface area contributed by atoms with Crippen molar-refractivity contribution >= 4 is 35.9 Å². The zero-order valence-corrected chi connectivity index (χ0v) is 14.3. The minimum atomic E-state index is -0.429. The van der Waals surface area contributed by atoms with Crippen LogP contribution in [0.1, 0.15) is 30.0 Å². The summed E-state index contributed by atoms with van der Waals surface area (Å²) >= 11 is 0. The molecule has 1 saturated heterocycles. The van der Waals surface area contributed by atoms with E-state index in [0.29, 0.717) is 5.69 Å². The molecule has 7 nitrogen and oxygen atoms in total. The summed E-state index contributed by atoms with van der Waals surface area (Å²) in [6.07, 6.45) is 2.75. The molecule has 24 heavy (non-hydrogen) atoms. The molecule has 1 fully saturated rings. The summed E-state index contributed by atoms with van der Waals surface area (Å²) in [6.45, 7) is -0.208. The molecule has 2 aliphatic rings. The molecule has 3 rings (SSSR count). The Bertz CT molecular complexity index is 679. The van der Waals surface area contributed by atoms with Gasteiger partial charge in [0.2, 0.25) is 5.91 Å². The van der Waals surface area contributed by atoms with Crippen LogP contribution in [-0.4, -0.2) is 47.8 Å². The number of carbonyl (C=O) groups is 3. The summed E-state index contributed by atoms with van der Waals surface area (Å²) in [7, 11) is 1.54. The fourth-order valence-electron chi connectivity index (χ4n) is 3.19. The Labute approximate surface area is 146 Å². The molecule has 0 bridgehead atoms. The molecule has 1 aromatic rings. The van der Waals surface area contributed by atoms with Crippen molar-refractivity contribution in [3.05, 3.63) is 29.3 Å². The molecule has 1 aliphatic carbocycles. The Morgan fingerprint density at radius 2 is 2.12 bits per heavy atom. The number of likely N-dealkylation sites (N-methyl/N-ethyl adjacent to an activating group) is 1. The van der Waals surface area contributed by atoms with Gasteiger partial charge in [0.25, 0.3) is 5.91 Å². The highest BCUT2D eigenvalue weighted by atomic mass is 35.5. The number of hydrogen-bond acceptors (Lipinski definition) is 4. The molecular weight excluding hydrogens is 332 g/mol. The summed E-state index contributed by atoms with van der Waals surface area (Å²) in [6, 6.07) is 5.18. The molecule has 1 aromatic carbocycles. The molecule has 0 aromatic heterocycles. The van der Waals surface area contributed by atoms with E-state index in [1.165, 1.54) is 4.90 Å². The SMILES string of the molecule is CN1CC(=O)N(CC(=O)NC2CCCc3cc(N)ccc32)C1=O.Cl. The molecule has 0 saturated carbocycles. The van der Waals surface area contributed by atoms with E-state index in [1.54, 1.807) is 7.05 Å². The van der Waals surface area contributed by atoms with Gasteiger partial charge in [0.15, 0.2) is 0 Å². The topological polar surface area (TPSA) is 95.7 Å². The standard InChI is InChI=1S/C16H20N4O3.ClH/c1-19-9-15(22)20(16(19)23)8-14(21)18-13-4-2-3-10-7-11(17)5-6-12(10)13;/h5-7,13H,2-4,8-9,17H2,1H3,(H,18,21);1H. The van der Waals surface area contributed by atoms with Crippen molar-refractivity contribution < 1.29 is 14.4 Å². The van der Waals surface area contributed by atoms with Gasteiger partial charge in [0, 0.05) is 12.7 Å². The second-order valence-corrected chi connectivity index (χ2v) is 6.09. The molecule has 4 amide bonds. The maximum Gasteiger partial charge on any atom is 0.327 e. The van der Waals surface area contributed by atoms with Crippen LogP contribution in [0.25, 0.3) is 0 Å². The van der Waals surface area contributed by atoms with Gasteiger partial charge in [-0.2, -0.15) is 0 Å². The lowest BCUT2D eigenvalue weighted by Gasteiger charge is -2.27. The zero-order chi connectivity index (χ0) is 16.6. The lowest BCUT2D eigenvalue weighted by molar-refractivity contribution is -0.131. The van der Waals surface area contributed by atoms with Gasteiger partial charge in [0.05, 0.1) is 6.04 Å². The first-order valence-corrected chi connectivity index (χ1v) is 7.69. The van der Waals surface area contributed by atoms with Gasteiger partial charge in [-0.3, -0.25) is 14.5 Å². The number of aryl methyl sites for hydroxylation is 1. The van der Waals surface area contributed by atoms with Crippen molar-refractivity contribution in [3.63, 3.8) is 0 Å². The number of urea groups is 1. The number of hydrogen-bond donors (Lipinski definition) is 2. The second-order valence-electron chi connectivity index (χ2n) is 6.09. The molecule has 1 atom stereocenters. The number of nitrogens with two attached hydrogens (primary N) is 1. The Balaban J connectivity index is 0.00000208. The maximum absolute atomic E-state index is 12.2. The van der Waals surface area contributed by atoms with Gasteiger partial charge in [0.1, 0.15) is 13.1 Å². The van der Waals surface area contributed by atoms with E-state index in [-0.39, 0.29) is 43.4 Å². The lowest BCUT2D eigenvalue weighted by atomic mass is 9.87. The van der Waals surface area contributed by atoms with Crippen LogP contribution in [0.4, 0.5) is 10.5 Å². The van der Waals surface area contributed by atoms with Gasteiger partial charge >= 0.3 is 6.03 Å². The second kappa shape index (κ2) is 7.09. The Morgan fingerprint density at radius 3 is 2.79 bits per heavy atom. The van der Waals surface area contributed by atoms with Crippen LogP contribution in [0.2, 0.25) is 0 Å². The smallest absolute Gasteiger partial charge is 0.327 e. The van der Waals surface area contributed by atoms with Crippen LogP contribution < -0.4 is 11.1 Å². The molecule has 1 unspecified atom stereocenters. The highest BCUT2D eigenvalue weighted by molar-refractivity contribution is 6.04. The maximum atomic E-state index is 12.2. The van der Waals surface area contributed by atoms with Crippen LogP contribution >= 0.6 is 12.4 Å². The third-order valence-corrected chi connectivity index (χ3v) is 4.35. The predicted molar refractivity (Wildman–Crippen MR) is 91.7 cm³/mol. The van der Waals surface area contributed by atoms with Crippen LogP contribution in [-0.2, 0) is 16.0 Å². The summed E-state index contributed by atoms with van der Waals surface area (Å²) in [4.78, 5) is 38.1.